The fourth-order valence-corrected chi connectivity index (χ4v) is 3.19. The number of ether oxygens (including phenoxy) is 1. The lowest BCUT2D eigenvalue weighted by Gasteiger charge is -2.30. The topological polar surface area (TPSA) is 68.6 Å². The number of nitriles is 1. The van der Waals surface area contributed by atoms with Gasteiger partial charge in [-0.1, -0.05) is 0 Å². The number of nitrogens with zero attached hydrogens (tertiary/aromatic N) is 3. The molecule has 1 aromatic carbocycles. The van der Waals surface area contributed by atoms with Gasteiger partial charge in [-0.3, -0.25) is 4.79 Å². The molecule has 1 fully saturated rings. The van der Waals surface area contributed by atoms with Gasteiger partial charge in [0.05, 0.1) is 25.4 Å². The minimum atomic E-state index is -0.232. The van der Waals surface area contributed by atoms with E-state index < -0.39 is 0 Å². The Kier molecular flexibility index (Phi) is 6.85. The summed E-state index contributed by atoms with van der Waals surface area (Å²) in [4.78, 5) is 16.2. The molecule has 1 heterocycles. The van der Waals surface area contributed by atoms with E-state index in [4.69, 9.17) is 10.00 Å². The number of rotatable bonds is 6. The Balaban J connectivity index is 2.09. The van der Waals surface area contributed by atoms with Crippen molar-refractivity contribution in [3.05, 3.63) is 33.9 Å². The second-order valence-electron chi connectivity index (χ2n) is 6.11. The van der Waals surface area contributed by atoms with Crippen molar-refractivity contribution in [3.8, 4) is 6.07 Å². The van der Waals surface area contributed by atoms with Crippen LogP contribution in [0.1, 0.15) is 5.56 Å². The van der Waals surface area contributed by atoms with Crippen molar-refractivity contribution < 1.29 is 9.53 Å². The maximum atomic E-state index is 12.2. The lowest BCUT2D eigenvalue weighted by atomic mass is 10.1. The van der Waals surface area contributed by atoms with Gasteiger partial charge in [0.15, 0.2) is 5.78 Å². The van der Waals surface area contributed by atoms with Crippen molar-refractivity contribution in [2.24, 2.45) is 0 Å². The first-order chi connectivity index (χ1) is 11.9. The fraction of sp³-hybridized carbons (Fsp3) is 0.444. The van der Waals surface area contributed by atoms with Crippen molar-refractivity contribution >= 4 is 33.1 Å². The number of halogens is 1. The molecule has 0 spiro atoms. The molecule has 0 aliphatic carbocycles. The van der Waals surface area contributed by atoms with E-state index in [1.807, 2.05) is 19.1 Å². The number of hydrogen-bond donors (Lipinski definition) is 1. The summed E-state index contributed by atoms with van der Waals surface area (Å²) in [6, 6.07) is 6.03. The average Bonchev–Trinajstić information content (AvgIpc) is 2.60. The van der Waals surface area contributed by atoms with Crippen molar-refractivity contribution in [2.75, 3.05) is 57.2 Å². The molecule has 6 nitrogen and oxygen atoms in total. The zero-order chi connectivity index (χ0) is 18.4. The molecule has 1 N–H and O–H groups in total. The van der Waals surface area contributed by atoms with Crippen LogP contribution < -0.4 is 10.2 Å². The highest BCUT2D eigenvalue weighted by Crippen LogP contribution is 2.32. The lowest BCUT2D eigenvalue weighted by molar-refractivity contribution is -0.113. The Morgan fingerprint density at radius 1 is 1.44 bits per heavy atom. The zero-order valence-electron chi connectivity index (χ0n) is 14.8. The molecule has 0 atom stereocenters. The molecule has 1 aliphatic heterocycles. The van der Waals surface area contributed by atoms with E-state index >= 15 is 0 Å². The number of carbonyl (C=O) groups is 1. The Morgan fingerprint density at radius 2 is 2.12 bits per heavy atom. The summed E-state index contributed by atoms with van der Waals surface area (Å²) < 4.78 is 6.37. The molecule has 0 saturated carbocycles. The standard InChI is InChI=1S/C18H23BrN4O2/c1-13-8-17(23-4-6-25-7-5-23)15(19)9-16(13)21-11-18(24)14(10-20)12-22(2)3/h8-9,12,21H,4-7,11H2,1-3H3/b14-12+. The quantitative estimate of drug-likeness (QED) is 0.578. The summed E-state index contributed by atoms with van der Waals surface area (Å²) in [5.74, 6) is -0.232. The molecule has 0 aromatic heterocycles. The Morgan fingerprint density at radius 3 is 2.72 bits per heavy atom. The van der Waals surface area contributed by atoms with Crippen molar-refractivity contribution in [1.29, 1.82) is 5.26 Å². The van der Waals surface area contributed by atoms with Gasteiger partial charge in [0.1, 0.15) is 11.6 Å². The van der Waals surface area contributed by atoms with E-state index in [-0.39, 0.29) is 17.9 Å². The minimum Gasteiger partial charge on any atom is -0.382 e. The molecular weight excluding hydrogens is 384 g/mol. The van der Waals surface area contributed by atoms with Crippen LogP contribution in [0.15, 0.2) is 28.4 Å². The van der Waals surface area contributed by atoms with E-state index in [9.17, 15) is 4.79 Å². The van der Waals surface area contributed by atoms with Crippen molar-refractivity contribution in [2.45, 2.75) is 6.92 Å². The first-order valence-electron chi connectivity index (χ1n) is 8.10. The number of Topliss-reactive ketones (excluding diaryl/α,β-unsaturated/α-hetero) is 1. The van der Waals surface area contributed by atoms with Gasteiger partial charge in [0.25, 0.3) is 0 Å². The molecule has 2 rings (SSSR count). The molecule has 1 aromatic rings. The Bertz CT molecular complexity index is 704. The van der Waals surface area contributed by atoms with Crippen LogP contribution in [0.3, 0.4) is 0 Å². The number of carbonyl (C=O) groups excluding carboxylic acids is 1. The van der Waals surface area contributed by atoms with Crippen LogP contribution in [0.2, 0.25) is 0 Å². The van der Waals surface area contributed by atoms with E-state index in [2.05, 4.69) is 32.2 Å². The van der Waals surface area contributed by atoms with Crippen LogP contribution in [0, 0.1) is 18.3 Å². The Labute approximate surface area is 157 Å². The molecule has 7 heteroatoms. The molecule has 25 heavy (non-hydrogen) atoms. The second kappa shape index (κ2) is 8.88. The summed E-state index contributed by atoms with van der Waals surface area (Å²) in [5.41, 5.74) is 3.19. The third-order valence-corrected chi connectivity index (χ3v) is 4.53. The molecule has 1 aliphatic rings. The van der Waals surface area contributed by atoms with Gasteiger partial charge in [0.2, 0.25) is 0 Å². The SMILES string of the molecule is Cc1cc(N2CCOCC2)c(Br)cc1NCC(=O)/C(C#N)=C/N(C)C. The van der Waals surface area contributed by atoms with Crippen LogP contribution in [0.25, 0.3) is 0 Å². The van der Waals surface area contributed by atoms with E-state index in [1.165, 1.54) is 6.20 Å². The number of ketones is 1. The summed E-state index contributed by atoms with van der Waals surface area (Å²) in [6.07, 6.45) is 1.54. The third kappa shape index (κ3) is 5.21. The fourth-order valence-electron chi connectivity index (χ4n) is 2.60. The highest BCUT2D eigenvalue weighted by atomic mass is 79.9. The third-order valence-electron chi connectivity index (χ3n) is 3.89. The minimum absolute atomic E-state index is 0.0808. The maximum Gasteiger partial charge on any atom is 0.193 e. The van der Waals surface area contributed by atoms with Crippen LogP contribution in [0.4, 0.5) is 11.4 Å². The largest absolute Gasteiger partial charge is 0.382 e. The van der Waals surface area contributed by atoms with Gasteiger partial charge in [-0.25, -0.2) is 0 Å². The van der Waals surface area contributed by atoms with Crippen LogP contribution >= 0.6 is 15.9 Å². The molecule has 0 bridgehead atoms. The number of aryl methyl sites for hydroxylation is 1. The Hall–Kier alpha value is -2.04. The summed E-state index contributed by atoms with van der Waals surface area (Å²) in [6.45, 7) is 5.28. The molecular formula is C18H23BrN4O2. The summed E-state index contributed by atoms with van der Waals surface area (Å²) >= 11 is 3.62. The van der Waals surface area contributed by atoms with Gasteiger partial charge in [-0.05, 0) is 40.5 Å². The number of benzene rings is 1. The summed E-state index contributed by atoms with van der Waals surface area (Å²) in [7, 11) is 3.56. The summed E-state index contributed by atoms with van der Waals surface area (Å²) in [5, 5.41) is 12.2. The maximum absolute atomic E-state index is 12.2. The number of anilines is 2. The van der Waals surface area contributed by atoms with Crippen LogP contribution in [0.5, 0.6) is 0 Å². The molecule has 1 saturated heterocycles. The highest BCUT2D eigenvalue weighted by molar-refractivity contribution is 9.10. The molecule has 0 unspecified atom stereocenters. The molecule has 0 radical (unpaired) electrons. The highest BCUT2D eigenvalue weighted by Gasteiger charge is 2.16. The normalized spacial score (nSPS) is 14.8. The number of morpholine rings is 1. The molecule has 0 amide bonds. The van der Waals surface area contributed by atoms with Crippen LogP contribution in [-0.2, 0) is 9.53 Å². The van der Waals surface area contributed by atoms with Gasteiger partial charge in [-0.15, -0.1) is 0 Å². The van der Waals surface area contributed by atoms with E-state index in [0.29, 0.717) is 0 Å². The van der Waals surface area contributed by atoms with Gasteiger partial charge in [-0.2, -0.15) is 5.26 Å². The first-order valence-corrected chi connectivity index (χ1v) is 8.90. The molecule has 134 valence electrons. The first kappa shape index (κ1) is 19.3. The monoisotopic (exact) mass is 406 g/mol. The predicted molar refractivity (Wildman–Crippen MR) is 103 cm³/mol. The van der Waals surface area contributed by atoms with Gasteiger partial charge >= 0.3 is 0 Å². The average molecular weight is 407 g/mol. The number of hydrogen-bond acceptors (Lipinski definition) is 6. The smallest absolute Gasteiger partial charge is 0.193 e. The lowest BCUT2D eigenvalue weighted by Crippen LogP contribution is -2.36. The zero-order valence-corrected chi connectivity index (χ0v) is 16.4. The van der Waals surface area contributed by atoms with Gasteiger partial charge in [0, 0.05) is 43.5 Å². The van der Waals surface area contributed by atoms with Crippen LogP contribution in [-0.4, -0.2) is 57.6 Å². The predicted octanol–water partition coefficient (Wildman–Crippen LogP) is 2.54. The second-order valence-corrected chi connectivity index (χ2v) is 6.97. The van der Waals surface area contributed by atoms with Crippen molar-refractivity contribution in [3.63, 3.8) is 0 Å². The van der Waals surface area contributed by atoms with Crippen molar-refractivity contribution in [1.82, 2.24) is 4.90 Å². The number of nitrogens with one attached hydrogen (secondary N) is 1. The van der Waals surface area contributed by atoms with E-state index in [1.54, 1.807) is 19.0 Å². The van der Waals surface area contributed by atoms with Gasteiger partial charge < -0.3 is 19.9 Å². The van der Waals surface area contributed by atoms with E-state index in [0.717, 1.165) is 47.7 Å².